The van der Waals surface area contributed by atoms with Crippen LogP contribution in [-0.2, 0) is 4.74 Å². The molecule has 0 saturated carbocycles. The van der Waals surface area contributed by atoms with Gasteiger partial charge in [0, 0.05) is 19.2 Å². The first-order valence-corrected chi connectivity index (χ1v) is 10.2. The van der Waals surface area contributed by atoms with Crippen LogP contribution in [0.1, 0.15) is 27.2 Å². The van der Waals surface area contributed by atoms with Crippen molar-refractivity contribution in [2.24, 2.45) is 0 Å². The van der Waals surface area contributed by atoms with Crippen molar-refractivity contribution in [3.05, 3.63) is 16.6 Å². The molecule has 2 bridgehead atoms. The number of benzene rings is 1. The number of hydrogen-bond donors (Lipinski definition) is 0. The summed E-state index contributed by atoms with van der Waals surface area (Å²) in [4.78, 5) is 20.5. The summed E-state index contributed by atoms with van der Waals surface area (Å²) in [6.07, 6.45) is -3.87. The maximum atomic E-state index is 12.4. The van der Waals surface area contributed by atoms with Crippen molar-refractivity contribution in [2.45, 2.75) is 51.1 Å². The molecule has 0 spiro atoms. The number of anilines is 1. The number of rotatable bonds is 3. The SMILES string of the molecule is CC(C)(C)OC(=O)N1C2CC1CN(c1nc3cc(OCC(F)(F)F)cc(Br)c3o1)C2. The van der Waals surface area contributed by atoms with Crippen LogP contribution in [0, 0.1) is 0 Å². The molecule has 7 nitrogen and oxygen atoms in total. The first-order valence-electron chi connectivity index (χ1n) is 9.45. The molecule has 164 valence electrons. The number of halogens is 4. The van der Waals surface area contributed by atoms with Crippen LogP contribution in [0.5, 0.6) is 5.75 Å². The van der Waals surface area contributed by atoms with Crippen LogP contribution in [0.4, 0.5) is 24.0 Å². The maximum Gasteiger partial charge on any atom is 0.422 e. The van der Waals surface area contributed by atoms with Gasteiger partial charge in [-0.15, -0.1) is 0 Å². The molecule has 0 N–H and O–H groups in total. The van der Waals surface area contributed by atoms with Crippen LogP contribution in [0.2, 0.25) is 0 Å². The van der Waals surface area contributed by atoms with Gasteiger partial charge in [-0.05, 0) is 49.2 Å². The number of piperidine rings is 1. The van der Waals surface area contributed by atoms with Crippen LogP contribution >= 0.6 is 15.9 Å². The lowest BCUT2D eigenvalue weighted by Crippen LogP contribution is -2.70. The van der Waals surface area contributed by atoms with Crippen molar-refractivity contribution in [2.75, 3.05) is 24.6 Å². The summed E-state index contributed by atoms with van der Waals surface area (Å²) >= 11 is 3.30. The van der Waals surface area contributed by atoms with Gasteiger partial charge in [-0.1, -0.05) is 0 Å². The normalized spacial score (nSPS) is 21.6. The number of ether oxygens (including phenoxy) is 2. The Hall–Kier alpha value is -2.17. The summed E-state index contributed by atoms with van der Waals surface area (Å²) in [5.74, 6) is 0.0455. The fraction of sp³-hybridized carbons (Fsp3) is 0.579. The highest BCUT2D eigenvalue weighted by Gasteiger charge is 2.49. The number of amides is 1. The second kappa shape index (κ2) is 7.21. The summed E-state index contributed by atoms with van der Waals surface area (Å²) in [7, 11) is 0. The van der Waals surface area contributed by atoms with Crippen molar-refractivity contribution in [1.29, 1.82) is 0 Å². The van der Waals surface area contributed by atoms with E-state index in [-0.39, 0.29) is 23.9 Å². The average Bonchev–Trinajstić information content (AvgIpc) is 3.02. The molecule has 4 heterocycles. The summed E-state index contributed by atoms with van der Waals surface area (Å²) in [6.45, 7) is 5.18. The van der Waals surface area contributed by atoms with E-state index in [1.54, 1.807) is 4.90 Å². The van der Waals surface area contributed by atoms with E-state index in [9.17, 15) is 18.0 Å². The monoisotopic (exact) mass is 491 g/mol. The van der Waals surface area contributed by atoms with Crippen molar-refractivity contribution in [1.82, 2.24) is 9.88 Å². The number of oxazole rings is 1. The molecule has 3 aliphatic heterocycles. The van der Waals surface area contributed by atoms with Crippen LogP contribution in [0.3, 0.4) is 0 Å². The first kappa shape index (κ1) is 21.1. The van der Waals surface area contributed by atoms with Gasteiger partial charge in [0.25, 0.3) is 6.01 Å². The summed E-state index contributed by atoms with van der Waals surface area (Å²) < 4.78 is 53.8. The zero-order valence-corrected chi connectivity index (χ0v) is 18.2. The highest BCUT2D eigenvalue weighted by Crippen LogP contribution is 2.38. The standard InChI is InChI=1S/C19H21BrF3N3O4/c1-18(2,3)30-17(27)26-10-4-11(26)8-25(7-10)16-24-14-6-12(28-9-19(21,22)23)5-13(20)15(14)29-16/h5-6,10-11H,4,7-9H2,1-3H3. The topological polar surface area (TPSA) is 68.0 Å². The summed E-state index contributed by atoms with van der Waals surface area (Å²) in [5.41, 5.74) is 0.256. The van der Waals surface area contributed by atoms with Gasteiger partial charge in [-0.2, -0.15) is 18.2 Å². The van der Waals surface area contributed by atoms with Gasteiger partial charge < -0.3 is 18.8 Å². The smallest absolute Gasteiger partial charge is 0.422 e. The predicted molar refractivity (Wildman–Crippen MR) is 106 cm³/mol. The van der Waals surface area contributed by atoms with Crippen LogP contribution in [0.25, 0.3) is 11.1 Å². The highest BCUT2D eigenvalue weighted by atomic mass is 79.9. The Morgan fingerprint density at radius 1 is 1.27 bits per heavy atom. The Kier molecular flexibility index (Phi) is 5.06. The molecule has 2 unspecified atom stereocenters. The van der Waals surface area contributed by atoms with Crippen LogP contribution < -0.4 is 9.64 Å². The van der Waals surface area contributed by atoms with E-state index in [1.165, 1.54) is 12.1 Å². The predicted octanol–water partition coefficient (Wildman–Crippen LogP) is 4.73. The zero-order chi connectivity index (χ0) is 21.8. The lowest BCUT2D eigenvalue weighted by atomic mass is 9.88. The minimum absolute atomic E-state index is 0.00253. The molecule has 30 heavy (non-hydrogen) atoms. The molecule has 3 fully saturated rings. The quantitative estimate of drug-likeness (QED) is 0.618. The number of piperazine rings is 1. The molecular weight excluding hydrogens is 471 g/mol. The van der Waals surface area contributed by atoms with Crippen LogP contribution in [-0.4, -0.2) is 59.5 Å². The number of carbonyl (C=O) groups excluding carboxylic acids is 1. The molecular formula is C19H21BrF3N3O4. The fourth-order valence-electron chi connectivity index (χ4n) is 3.72. The number of fused-ring (bicyclic) bond motifs is 3. The average molecular weight is 492 g/mol. The van der Waals surface area contributed by atoms with Crippen molar-refractivity contribution in [3.63, 3.8) is 0 Å². The number of alkyl halides is 3. The Morgan fingerprint density at radius 2 is 1.93 bits per heavy atom. The third-order valence-electron chi connectivity index (χ3n) is 4.88. The van der Waals surface area contributed by atoms with Gasteiger partial charge in [0.2, 0.25) is 0 Å². The molecule has 2 atom stereocenters. The molecule has 1 aromatic heterocycles. The molecule has 1 aromatic carbocycles. The summed E-state index contributed by atoms with van der Waals surface area (Å²) in [6, 6.07) is 3.19. The van der Waals surface area contributed by atoms with Gasteiger partial charge in [-0.3, -0.25) is 4.90 Å². The molecule has 2 aromatic rings. The Labute approximate surface area is 179 Å². The van der Waals surface area contributed by atoms with Crippen molar-refractivity contribution in [3.8, 4) is 5.75 Å². The molecule has 0 aliphatic carbocycles. The highest BCUT2D eigenvalue weighted by molar-refractivity contribution is 9.10. The second-order valence-electron chi connectivity index (χ2n) is 8.49. The molecule has 1 amide bonds. The van der Waals surface area contributed by atoms with E-state index in [1.807, 2.05) is 25.7 Å². The molecule has 3 aliphatic rings. The fourth-order valence-corrected chi connectivity index (χ4v) is 4.23. The Balaban J connectivity index is 1.47. The number of nitrogens with zero attached hydrogens (tertiary/aromatic N) is 3. The molecule has 11 heteroatoms. The second-order valence-corrected chi connectivity index (χ2v) is 9.34. The summed E-state index contributed by atoms with van der Waals surface area (Å²) in [5, 5.41) is 0. The number of hydrogen-bond acceptors (Lipinski definition) is 6. The lowest BCUT2D eigenvalue weighted by Gasteiger charge is -2.55. The van der Waals surface area contributed by atoms with E-state index in [0.717, 1.165) is 6.42 Å². The minimum atomic E-state index is -4.43. The lowest BCUT2D eigenvalue weighted by molar-refractivity contribution is -0.153. The Morgan fingerprint density at radius 3 is 2.53 bits per heavy atom. The van der Waals surface area contributed by atoms with Gasteiger partial charge >= 0.3 is 12.3 Å². The van der Waals surface area contributed by atoms with E-state index in [4.69, 9.17) is 13.9 Å². The zero-order valence-electron chi connectivity index (χ0n) is 16.6. The number of carbonyl (C=O) groups is 1. The van der Waals surface area contributed by atoms with Gasteiger partial charge in [0.15, 0.2) is 12.2 Å². The first-order chi connectivity index (χ1) is 13.9. The maximum absolute atomic E-state index is 12.4. The van der Waals surface area contributed by atoms with Crippen molar-refractivity contribution >= 4 is 39.1 Å². The largest absolute Gasteiger partial charge is 0.484 e. The van der Waals surface area contributed by atoms with E-state index < -0.39 is 18.4 Å². The third-order valence-corrected chi connectivity index (χ3v) is 5.47. The molecule has 0 radical (unpaired) electrons. The van der Waals surface area contributed by atoms with Gasteiger partial charge in [0.05, 0.1) is 16.6 Å². The number of aromatic nitrogens is 1. The molecule has 5 rings (SSSR count). The van der Waals surface area contributed by atoms with Gasteiger partial charge in [-0.25, -0.2) is 4.79 Å². The van der Waals surface area contributed by atoms with Crippen LogP contribution in [0.15, 0.2) is 21.0 Å². The van der Waals surface area contributed by atoms with Crippen molar-refractivity contribution < 1.29 is 31.9 Å². The molecule has 3 saturated heterocycles. The van der Waals surface area contributed by atoms with E-state index >= 15 is 0 Å². The third kappa shape index (κ3) is 4.30. The van der Waals surface area contributed by atoms with E-state index in [2.05, 4.69) is 20.9 Å². The minimum Gasteiger partial charge on any atom is -0.484 e. The van der Waals surface area contributed by atoms with Gasteiger partial charge in [0.1, 0.15) is 16.9 Å². The Bertz CT molecular complexity index is 960. The van der Waals surface area contributed by atoms with E-state index in [0.29, 0.717) is 34.7 Å².